The molecular weight excluding hydrogens is 725 g/mol. The van der Waals surface area contributed by atoms with Crippen LogP contribution in [-0.4, -0.2) is 85.4 Å². The molecule has 4 aromatic heterocycles. The Balaban J connectivity index is 0.00000160. The van der Waals surface area contributed by atoms with E-state index in [1.165, 1.54) is 6.42 Å². The van der Waals surface area contributed by atoms with E-state index in [0.29, 0.717) is 17.9 Å². The van der Waals surface area contributed by atoms with Gasteiger partial charge in [0.2, 0.25) is 11.8 Å². The summed E-state index contributed by atoms with van der Waals surface area (Å²) in [4.78, 5) is 28.7. The number of anilines is 2. The number of fused-ring (bicyclic) bond motifs is 2. The monoisotopic (exact) mass is 779 g/mol. The van der Waals surface area contributed by atoms with Crippen molar-refractivity contribution in [3.63, 3.8) is 0 Å². The van der Waals surface area contributed by atoms with Crippen molar-refractivity contribution >= 4 is 29.9 Å². The number of amides is 2. The van der Waals surface area contributed by atoms with Crippen LogP contribution in [0.5, 0.6) is 5.75 Å². The van der Waals surface area contributed by atoms with Crippen LogP contribution in [-0.2, 0) is 21.5 Å². The summed E-state index contributed by atoms with van der Waals surface area (Å²) in [7, 11) is 0. The number of rotatable bonds is 8. The molecule has 2 fully saturated rings. The number of benzene rings is 1. The van der Waals surface area contributed by atoms with Gasteiger partial charge in [0, 0.05) is 58.7 Å². The summed E-state index contributed by atoms with van der Waals surface area (Å²) in [5.74, 6) is 2.22. The molecule has 2 amide bonds. The number of carbonyl (C=O) groups excluding carboxylic acids is 1. The quantitative estimate of drug-likeness (QED) is 0.128. The fourth-order valence-electron chi connectivity index (χ4n) is 8.16. The van der Waals surface area contributed by atoms with Gasteiger partial charge in [0.15, 0.2) is 11.3 Å². The first kappa shape index (κ1) is 39.7. The third kappa shape index (κ3) is 9.04. The number of hydrogen-bond donors (Lipinski definition) is 3. The molecule has 0 bridgehead atoms. The number of hydrogen-bond acceptors (Lipinski definition) is 9. The smallest absolute Gasteiger partial charge is 0.321 e. The zero-order valence-electron chi connectivity index (χ0n) is 33.5. The van der Waals surface area contributed by atoms with Crippen LogP contribution in [0.3, 0.4) is 0 Å². The molecule has 15 nitrogen and oxygen atoms in total. The molecule has 0 unspecified atom stereocenters. The van der Waals surface area contributed by atoms with E-state index in [9.17, 15) is 4.79 Å². The van der Waals surface area contributed by atoms with Crippen molar-refractivity contribution in [2.45, 2.75) is 103 Å². The normalized spacial score (nSPS) is 21.2. The van der Waals surface area contributed by atoms with Crippen molar-refractivity contribution in [3.05, 3.63) is 95.6 Å². The largest absolute Gasteiger partial charge is 0.484 e. The second-order valence-electron chi connectivity index (χ2n) is 16.2. The molecule has 1 aromatic carbocycles. The number of morpholine rings is 1. The Morgan fingerprint density at radius 3 is 2.47 bits per heavy atom. The highest BCUT2D eigenvalue weighted by Gasteiger charge is 2.33. The van der Waals surface area contributed by atoms with Crippen LogP contribution in [0.4, 0.5) is 16.6 Å². The molecule has 0 radical (unpaired) electrons. The van der Waals surface area contributed by atoms with Gasteiger partial charge >= 0.3 is 6.03 Å². The molecule has 302 valence electrons. The highest BCUT2D eigenvalue weighted by molar-refractivity contribution is 5.88. The van der Waals surface area contributed by atoms with E-state index in [-0.39, 0.29) is 30.1 Å². The average Bonchev–Trinajstić information content (AvgIpc) is 3.81. The standard InChI is InChI=1S/C41H52N10O3.CH2O2/c1-28-10-8-11-29(2)50(28)40-45-44-37-18-15-31(27-49(37)40)54-35-17-16-34(32-13-6-7-14-33(32)35)42-39(52)43-38-24-36(41(3,4)5)46-51(38)48-19-9-12-30(26-48)25-47-20-22-53-23-21-47;2-1-3/h6-7,9,12-15,18-19,24,26-29,34-35H,8,10-11,16-17,20-23,25H2,1-5H3,(H-,42,43,46,52);1H,(H,2,3)/p+1/t28-,29+,34-,35+;/m0./s1. The van der Waals surface area contributed by atoms with Gasteiger partial charge in [-0.2, -0.15) is 0 Å². The highest BCUT2D eigenvalue weighted by Crippen LogP contribution is 2.39. The Morgan fingerprint density at radius 2 is 1.74 bits per heavy atom. The minimum Gasteiger partial charge on any atom is -0.484 e. The number of piperidine rings is 1. The number of pyridine rings is 2. The number of aromatic nitrogens is 6. The van der Waals surface area contributed by atoms with Gasteiger partial charge in [0.1, 0.15) is 24.2 Å². The van der Waals surface area contributed by atoms with Crippen LogP contribution in [0.1, 0.15) is 101 Å². The molecule has 1 aliphatic carbocycles. The van der Waals surface area contributed by atoms with Gasteiger partial charge in [-0.05, 0) is 75.3 Å². The van der Waals surface area contributed by atoms with Crippen molar-refractivity contribution in [2.24, 2.45) is 0 Å². The number of nitrogens with zero attached hydrogens (tertiary/aromatic N) is 8. The maximum Gasteiger partial charge on any atom is 0.321 e. The van der Waals surface area contributed by atoms with Gasteiger partial charge in [-0.25, -0.2) is 4.79 Å². The van der Waals surface area contributed by atoms with Gasteiger partial charge in [-0.3, -0.25) is 19.4 Å². The summed E-state index contributed by atoms with van der Waals surface area (Å²) in [6.07, 6.45) is 10.9. The van der Waals surface area contributed by atoms with E-state index in [2.05, 4.69) is 94.0 Å². The summed E-state index contributed by atoms with van der Waals surface area (Å²) < 4.78 is 16.3. The lowest BCUT2D eigenvalue weighted by Gasteiger charge is -2.39. The van der Waals surface area contributed by atoms with Gasteiger partial charge in [0.25, 0.3) is 6.47 Å². The van der Waals surface area contributed by atoms with E-state index in [1.54, 1.807) is 4.79 Å². The third-order valence-corrected chi connectivity index (χ3v) is 11.1. The molecule has 8 rings (SSSR count). The van der Waals surface area contributed by atoms with E-state index >= 15 is 0 Å². The average molecular weight is 780 g/mol. The molecule has 5 aromatic rings. The van der Waals surface area contributed by atoms with Crippen LogP contribution in [0.2, 0.25) is 0 Å². The topological polar surface area (TPSA) is 155 Å². The zero-order chi connectivity index (χ0) is 40.1. The molecule has 3 aliphatic rings. The number of ether oxygens (including phenoxy) is 2. The van der Waals surface area contributed by atoms with Gasteiger partial charge < -0.3 is 24.8 Å². The maximum atomic E-state index is 13.8. The zero-order valence-corrected chi connectivity index (χ0v) is 33.5. The van der Waals surface area contributed by atoms with Crippen molar-refractivity contribution in [1.29, 1.82) is 0 Å². The number of carboxylic acid groups (broad SMARTS) is 1. The SMILES string of the molecule is C[C@@H]1CCC[C@H](C)N1c1nnc2ccc(O[C@@H]3CC[C@H](NC(=O)Nc4cc(C(C)(C)C)nn4-[n+]4cccc(CN5CCOCC5)c4)c4ccccc43)cn12.O=CO. The summed E-state index contributed by atoms with van der Waals surface area (Å²) in [5, 5.41) is 27.3. The van der Waals surface area contributed by atoms with Crippen LogP contribution in [0.25, 0.3) is 5.65 Å². The third-order valence-electron chi connectivity index (χ3n) is 11.1. The number of urea groups is 1. The summed E-state index contributed by atoms with van der Waals surface area (Å²) in [6.45, 7) is 14.8. The molecule has 2 saturated heterocycles. The summed E-state index contributed by atoms with van der Waals surface area (Å²) >= 11 is 0. The predicted octanol–water partition coefficient (Wildman–Crippen LogP) is 5.90. The molecular formula is C42H55N10O5+. The van der Waals surface area contributed by atoms with Gasteiger partial charge in [0.05, 0.1) is 25.5 Å². The van der Waals surface area contributed by atoms with Crippen molar-refractivity contribution in [2.75, 3.05) is 36.5 Å². The van der Waals surface area contributed by atoms with Crippen molar-refractivity contribution in [1.82, 2.24) is 34.7 Å². The summed E-state index contributed by atoms with van der Waals surface area (Å²) in [5.41, 5.74) is 4.75. The molecule has 57 heavy (non-hydrogen) atoms. The Bertz CT molecular complexity index is 2150. The van der Waals surface area contributed by atoms with Crippen LogP contribution < -0.4 is 24.9 Å². The van der Waals surface area contributed by atoms with Crippen molar-refractivity contribution < 1.29 is 28.8 Å². The van der Waals surface area contributed by atoms with Crippen LogP contribution in [0, 0.1) is 0 Å². The molecule has 3 N–H and O–H groups in total. The second kappa shape index (κ2) is 17.3. The second-order valence-corrected chi connectivity index (χ2v) is 16.2. The molecule has 15 heteroatoms. The lowest BCUT2D eigenvalue weighted by Crippen LogP contribution is -2.45. The predicted molar refractivity (Wildman–Crippen MR) is 215 cm³/mol. The van der Waals surface area contributed by atoms with Crippen LogP contribution >= 0.6 is 0 Å². The molecule has 6 heterocycles. The van der Waals surface area contributed by atoms with E-state index < -0.39 is 0 Å². The Hall–Kier alpha value is -5.54. The highest BCUT2D eigenvalue weighted by atomic mass is 16.5. The Morgan fingerprint density at radius 1 is 1.00 bits per heavy atom. The Kier molecular flexibility index (Phi) is 12.0. The first-order valence-corrected chi connectivity index (χ1v) is 20.0. The Labute approximate surface area is 333 Å². The van der Waals surface area contributed by atoms with E-state index in [1.807, 2.05) is 53.5 Å². The number of carbonyl (C=O) groups is 2. The van der Waals surface area contributed by atoms with Gasteiger partial charge in [-0.15, -0.1) is 14.9 Å². The summed E-state index contributed by atoms with van der Waals surface area (Å²) in [6, 6.07) is 18.6. The van der Waals surface area contributed by atoms with E-state index in [0.717, 1.165) is 98.3 Å². The number of nitrogens with one attached hydrogen (secondary N) is 2. The molecule has 4 atom stereocenters. The van der Waals surface area contributed by atoms with Crippen LogP contribution in [0.15, 0.2) is 73.2 Å². The maximum absolute atomic E-state index is 13.8. The fourth-order valence-corrected chi connectivity index (χ4v) is 8.16. The van der Waals surface area contributed by atoms with Gasteiger partial charge in [-0.1, -0.05) is 51.1 Å². The van der Waals surface area contributed by atoms with E-state index in [4.69, 9.17) is 24.5 Å². The first-order valence-electron chi connectivity index (χ1n) is 20.0. The minimum absolute atomic E-state index is 0.163. The molecule has 0 spiro atoms. The minimum atomic E-state index is -0.285. The lowest BCUT2D eigenvalue weighted by atomic mass is 9.85. The first-order chi connectivity index (χ1) is 27.5. The fraction of sp³-hybridized carbons (Fsp3) is 0.476. The molecule has 2 aliphatic heterocycles. The molecule has 0 saturated carbocycles. The lowest BCUT2D eigenvalue weighted by molar-refractivity contribution is -0.734. The van der Waals surface area contributed by atoms with Crippen molar-refractivity contribution in [3.8, 4) is 5.75 Å².